The van der Waals surface area contributed by atoms with E-state index >= 15 is 0 Å². The molecule has 0 spiro atoms. The van der Waals surface area contributed by atoms with E-state index < -0.39 is 32.4 Å². The van der Waals surface area contributed by atoms with Crippen molar-refractivity contribution < 1.29 is 35.5 Å². The minimum absolute atomic E-state index is 0.296. The molecule has 2 unspecified atom stereocenters. The van der Waals surface area contributed by atoms with Crippen molar-refractivity contribution in [3.05, 3.63) is 0 Å². The van der Waals surface area contributed by atoms with Crippen LogP contribution in [0.15, 0.2) is 0 Å². The molecule has 0 aromatic carbocycles. The minimum Gasteiger partial charge on any atom is -0.460 e. The first-order valence-electron chi connectivity index (χ1n) is 7.36. The summed E-state index contributed by atoms with van der Waals surface area (Å²) in [6, 6.07) is 0. The first kappa shape index (κ1) is 17.4. The monoisotopic (exact) mass is 372 g/mol. The third-order valence-corrected chi connectivity index (χ3v) is 6.89. The average molecular weight is 372 g/mol. The number of esters is 1. The number of carbonyl (C=O) groups excluding carboxylic acids is 1. The fraction of sp³-hybridized carbons (Fsp3) is 0.923. The van der Waals surface area contributed by atoms with Gasteiger partial charge in [-0.2, -0.15) is 20.8 Å². The van der Waals surface area contributed by atoms with E-state index in [0.29, 0.717) is 43.9 Å². The topological polar surface area (TPSA) is 89.9 Å². The first-order chi connectivity index (χ1) is 10.5. The third kappa shape index (κ3) is 2.87. The Labute approximate surface area is 138 Å². The first-order valence-corrected chi connectivity index (χ1v) is 9.13. The molecule has 4 rings (SSSR count). The molecule has 6 nitrogen and oxygen atoms in total. The highest BCUT2D eigenvalue weighted by Gasteiger charge is 2.60. The second kappa shape index (κ2) is 5.27. The van der Waals surface area contributed by atoms with E-state index in [4.69, 9.17) is 0 Å². The van der Waals surface area contributed by atoms with E-state index in [1.54, 1.807) is 0 Å². The van der Waals surface area contributed by atoms with Gasteiger partial charge in [0.2, 0.25) is 0 Å². The summed E-state index contributed by atoms with van der Waals surface area (Å²) in [5.41, 5.74) is -1.37. The Morgan fingerprint density at radius 2 is 1.83 bits per heavy atom. The van der Waals surface area contributed by atoms with Gasteiger partial charge in [0.05, 0.1) is 12.2 Å². The lowest BCUT2D eigenvalue weighted by molar-refractivity contribution is -0.193. The van der Waals surface area contributed by atoms with Gasteiger partial charge >= 0.3 is 21.3 Å². The van der Waals surface area contributed by atoms with Crippen LogP contribution in [0, 0.1) is 17.3 Å². The molecule has 0 amide bonds. The Kier molecular flexibility index (Phi) is 3.98. The zero-order chi connectivity index (χ0) is 17.1. The molecule has 23 heavy (non-hydrogen) atoms. The maximum atomic E-state index is 13.5. The molecule has 4 fully saturated rings. The number of carbonyl (C=O) groups is 1. The van der Waals surface area contributed by atoms with E-state index in [0.717, 1.165) is 6.42 Å². The molecule has 1 N–H and O–H groups in total. The molecule has 132 valence electrons. The molecule has 0 aromatic heterocycles. The Morgan fingerprint density at radius 1 is 1.26 bits per heavy atom. The van der Waals surface area contributed by atoms with Gasteiger partial charge in [0, 0.05) is 5.41 Å². The van der Waals surface area contributed by atoms with Crippen molar-refractivity contribution in [1.82, 2.24) is 0 Å². The summed E-state index contributed by atoms with van der Waals surface area (Å²) in [5, 5.41) is 5.73. The summed E-state index contributed by atoms with van der Waals surface area (Å²) in [7, 11) is -5.48. The maximum Gasteiger partial charge on any atom is 0.466 e. The van der Waals surface area contributed by atoms with Crippen molar-refractivity contribution in [2.75, 3.05) is 6.61 Å². The van der Waals surface area contributed by atoms with Crippen LogP contribution in [0.4, 0.5) is 8.78 Å². The standard InChI is InChI=1S/C13H18F2O6S2/c14-13(15,23(18,19)21-22)10(16)20-7-11-2-8-1-9(3-11)5-12(17,4-8)6-11/h8-9,17,22H,1-7H2. The SMILES string of the molecule is O=C(OCC12CC3CC(CC(O)(C3)C1)C2)C(F)(F)S(=O)(=O)OS. The zero-order valence-electron chi connectivity index (χ0n) is 12.2. The second-order valence-corrected chi connectivity index (χ2v) is 9.32. The molecule has 4 bridgehead atoms. The molecule has 4 aliphatic carbocycles. The van der Waals surface area contributed by atoms with Gasteiger partial charge in [-0.05, 0) is 63.3 Å². The van der Waals surface area contributed by atoms with E-state index in [9.17, 15) is 27.1 Å². The minimum atomic E-state index is -5.48. The van der Waals surface area contributed by atoms with E-state index in [2.05, 4.69) is 21.3 Å². The summed E-state index contributed by atoms with van der Waals surface area (Å²) in [6.45, 7) is -0.321. The van der Waals surface area contributed by atoms with Gasteiger partial charge in [0.1, 0.15) is 0 Å². The van der Waals surface area contributed by atoms with Crippen molar-refractivity contribution in [2.45, 2.75) is 49.4 Å². The van der Waals surface area contributed by atoms with Crippen molar-refractivity contribution in [3.63, 3.8) is 0 Å². The number of rotatable bonds is 5. The highest BCUT2D eigenvalue weighted by Crippen LogP contribution is 2.61. The molecule has 0 radical (unpaired) electrons. The lowest BCUT2D eigenvalue weighted by Crippen LogP contribution is -2.57. The summed E-state index contributed by atoms with van der Waals surface area (Å²) in [4.78, 5) is 11.5. The van der Waals surface area contributed by atoms with E-state index in [1.807, 2.05) is 0 Å². The Morgan fingerprint density at radius 3 is 2.30 bits per heavy atom. The van der Waals surface area contributed by atoms with Crippen LogP contribution in [0.3, 0.4) is 0 Å². The largest absolute Gasteiger partial charge is 0.466 e. The molecule has 0 aromatic rings. The predicted octanol–water partition coefficient (Wildman–Crippen LogP) is 1.64. The number of alkyl halides is 2. The van der Waals surface area contributed by atoms with Crippen molar-refractivity contribution in [3.8, 4) is 0 Å². The molecule has 2 atom stereocenters. The van der Waals surface area contributed by atoms with Crippen molar-refractivity contribution in [1.29, 1.82) is 0 Å². The van der Waals surface area contributed by atoms with Gasteiger partial charge in [-0.3, -0.25) is 0 Å². The van der Waals surface area contributed by atoms with Gasteiger partial charge in [-0.25, -0.2) is 4.79 Å². The van der Waals surface area contributed by atoms with Crippen LogP contribution >= 0.6 is 12.9 Å². The Bertz CT molecular complexity index is 606. The summed E-state index contributed by atoms with van der Waals surface area (Å²) < 4.78 is 57.2. The van der Waals surface area contributed by atoms with Gasteiger partial charge in [0.25, 0.3) is 0 Å². The lowest BCUT2D eigenvalue weighted by atomic mass is 9.48. The van der Waals surface area contributed by atoms with Crippen LogP contribution in [0.5, 0.6) is 0 Å². The second-order valence-electron chi connectivity index (χ2n) is 7.31. The molecule has 0 saturated heterocycles. The molecule has 10 heteroatoms. The van der Waals surface area contributed by atoms with Crippen LogP contribution < -0.4 is 0 Å². The number of ether oxygens (including phenoxy) is 1. The number of hydrogen-bond donors (Lipinski definition) is 2. The highest BCUT2D eigenvalue weighted by molar-refractivity contribution is 7.96. The van der Waals surface area contributed by atoms with Crippen LogP contribution in [0.1, 0.15) is 38.5 Å². The zero-order valence-corrected chi connectivity index (χ0v) is 13.9. The van der Waals surface area contributed by atoms with Crippen molar-refractivity contribution in [2.24, 2.45) is 17.3 Å². The van der Waals surface area contributed by atoms with Gasteiger partial charge in [0.15, 0.2) is 0 Å². The summed E-state index contributed by atoms with van der Waals surface area (Å²) in [6.07, 6.45) is 4.16. The smallest absolute Gasteiger partial charge is 0.460 e. The quantitative estimate of drug-likeness (QED) is 0.433. The normalized spacial score (nSPS) is 39.5. The molecule has 4 aliphatic rings. The number of aliphatic hydroxyl groups is 1. The van der Waals surface area contributed by atoms with Gasteiger partial charge < -0.3 is 9.84 Å². The van der Waals surface area contributed by atoms with Crippen LogP contribution in [-0.2, 0) is 23.3 Å². The van der Waals surface area contributed by atoms with Crippen LogP contribution in [0.25, 0.3) is 0 Å². The fourth-order valence-corrected chi connectivity index (χ4v) is 5.66. The summed E-state index contributed by atoms with van der Waals surface area (Å²) in [5.74, 6) is -1.58. The van der Waals surface area contributed by atoms with Gasteiger partial charge in [-0.15, -0.1) is 0 Å². The Hall–Kier alpha value is -0.450. The van der Waals surface area contributed by atoms with Crippen LogP contribution in [-0.4, -0.2) is 37.0 Å². The number of hydrogen-bond acceptors (Lipinski definition) is 7. The molecule has 0 aliphatic heterocycles. The molecule has 4 saturated carbocycles. The number of halogens is 2. The average Bonchev–Trinajstić information content (AvgIpc) is 2.41. The molecule has 0 heterocycles. The number of thiol groups is 1. The molecular weight excluding hydrogens is 354 g/mol. The van der Waals surface area contributed by atoms with E-state index in [1.165, 1.54) is 0 Å². The summed E-state index contributed by atoms with van der Waals surface area (Å²) >= 11 is 2.83. The van der Waals surface area contributed by atoms with Gasteiger partial charge in [-0.1, -0.05) is 0 Å². The Balaban J connectivity index is 1.70. The molecular formula is C13H18F2O6S2. The lowest BCUT2D eigenvalue weighted by Gasteiger charge is -2.59. The van der Waals surface area contributed by atoms with Crippen molar-refractivity contribution >= 4 is 29.0 Å². The van der Waals surface area contributed by atoms with Crippen LogP contribution in [0.2, 0.25) is 0 Å². The fourth-order valence-electron chi connectivity index (χ4n) is 5.02. The van der Waals surface area contributed by atoms with E-state index in [-0.39, 0.29) is 6.61 Å². The maximum absolute atomic E-state index is 13.5. The third-order valence-electron chi connectivity index (χ3n) is 5.31. The predicted molar refractivity (Wildman–Crippen MR) is 77.0 cm³/mol. The highest BCUT2D eigenvalue weighted by atomic mass is 32.3.